The van der Waals surface area contributed by atoms with E-state index in [2.05, 4.69) is 16.7 Å². The molecule has 0 aromatic heterocycles. The maximum atomic E-state index is 13.3. The summed E-state index contributed by atoms with van der Waals surface area (Å²) in [5, 5.41) is 5.88. The summed E-state index contributed by atoms with van der Waals surface area (Å²) in [6, 6.07) is 13.4. The Morgan fingerprint density at radius 3 is 2.89 bits per heavy atom. The van der Waals surface area contributed by atoms with Gasteiger partial charge in [-0.1, -0.05) is 12.1 Å². The van der Waals surface area contributed by atoms with Crippen LogP contribution >= 0.6 is 0 Å². The fraction of sp³-hybridized carbons (Fsp3) is 0.333. The number of nitrogens with zero attached hydrogens (tertiary/aromatic N) is 1. The standard InChI is InChI=1S/C21H23N3O3/c1-27-16-6-4-5-14(11-16)19-7-2-3-10-24(19)21(26)15-8-9-17-18(12-15)23-20(25)13-22-17/h4-6,8-9,11-12,19,22H,2-3,7,10,13H2,1H3,(H,23,25). The van der Waals surface area contributed by atoms with Gasteiger partial charge in [0.1, 0.15) is 5.75 Å². The number of carbonyl (C=O) groups is 2. The highest BCUT2D eigenvalue weighted by molar-refractivity contribution is 6.03. The monoisotopic (exact) mass is 365 g/mol. The largest absolute Gasteiger partial charge is 0.497 e. The average molecular weight is 365 g/mol. The molecule has 27 heavy (non-hydrogen) atoms. The minimum atomic E-state index is -0.0978. The van der Waals surface area contributed by atoms with Crippen molar-refractivity contribution in [3.8, 4) is 5.75 Å². The summed E-state index contributed by atoms with van der Waals surface area (Å²) in [5.74, 6) is 0.692. The van der Waals surface area contributed by atoms with E-state index in [1.807, 2.05) is 35.2 Å². The summed E-state index contributed by atoms with van der Waals surface area (Å²) >= 11 is 0. The van der Waals surface area contributed by atoms with E-state index in [1.54, 1.807) is 13.2 Å². The van der Waals surface area contributed by atoms with E-state index in [0.717, 1.165) is 42.8 Å². The zero-order valence-corrected chi connectivity index (χ0v) is 15.3. The second-order valence-electron chi connectivity index (χ2n) is 6.95. The molecule has 2 aliphatic heterocycles. The lowest BCUT2D eigenvalue weighted by atomic mass is 9.94. The number of hydrogen-bond donors (Lipinski definition) is 2. The number of ether oxygens (including phenoxy) is 1. The fourth-order valence-corrected chi connectivity index (χ4v) is 3.84. The molecule has 2 amide bonds. The van der Waals surface area contributed by atoms with Crippen molar-refractivity contribution in [2.45, 2.75) is 25.3 Å². The van der Waals surface area contributed by atoms with Crippen molar-refractivity contribution in [1.29, 1.82) is 0 Å². The van der Waals surface area contributed by atoms with Gasteiger partial charge in [0, 0.05) is 12.1 Å². The lowest BCUT2D eigenvalue weighted by Gasteiger charge is -2.36. The fourth-order valence-electron chi connectivity index (χ4n) is 3.84. The Labute approximate surface area is 158 Å². The number of carbonyl (C=O) groups excluding carboxylic acids is 2. The van der Waals surface area contributed by atoms with Crippen molar-refractivity contribution in [3.05, 3.63) is 53.6 Å². The summed E-state index contributed by atoms with van der Waals surface area (Å²) in [5.41, 5.74) is 3.18. The highest BCUT2D eigenvalue weighted by Gasteiger charge is 2.29. The van der Waals surface area contributed by atoms with Crippen LogP contribution in [-0.4, -0.2) is 36.9 Å². The van der Waals surface area contributed by atoms with E-state index >= 15 is 0 Å². The Balaban J connectivity index is 1.63. The zero-order valence-electron chi connectivity index (χ0n) is 15.3. The lowest BCUT2D eigenvalue weighted by Crippen LogP contribution is -2.38. The molecule has 6 heteroatoms. The molecule has 2 heterocycles. The summed E-state index contributed by atoms with van der Waals surface area (Å²) in [4.78, 5) is 26.8. The first kappa shape index (κ1) is 17.4. The first-order chi connectivity index (χ1) is 13.2. The van der Waals surface area contributed by atoms with Gasteiger partial charge in [0.25, 0.3) is 5.91 Å². The number of likely N-dealkylation sites (tertiary alicyclic amines) is 1. The minimum Gasteiger partial charge on any atom is -0.497 e. The number of nitrogens with one attached hydrogen (secondary N) is 2. The first-order valence-electron chi connectivity index (χ1n) is 9.28. The highest BCUT2D eigenvalue weighted by Crippen LogP contribution is 2.34. The van der Waals surface area contributed by atoms with Crippen LogP contribution in [0.5, 0.6) is 5.75 Å². The van der Waals surface area contributed by atoms with Gasteiger partial charge in [-0.25, -0.2) is 0 Å². The molecular formula is C21H23N3O3. The van der Waals surface area contributed by atoms with Gasteiger partial charge >= 0.3 is 0 Å². The van der Waals surface area contributed by atoms with Gasteiger partial charge in [-0.15, -0.1) is 0 Å². The molecular weight excluding hydrogens is 342 g/mol. The second-order valence-corrected chi connectivity index (χ2v) is 6.95. The van der Waals surface area contributed by atoms with Crippen molar-refractivity contribution >= 4 is 23.2 Å². The molecule has 0 saturated carbocycles. The number of hydrogen-bond acceptors (Lipinski definition) is 4. The number of fused-ring (bicyclic) bond motifs is 1. The summed E-state index contributed by atoms with van der Waals surface area (Å²) in [6.07, 6.45) is 3.02. The van der Waals surface area contributed by atoms with Crippen LogP contribution in [0.25, 0.3) is 0 Å². The Hall–Kier alpha value is -3.02. The smallest absolute Gasteiger partial charge is 0.254 e. The van der Waals surface area contributed by atoms with Gasteiger partial charge in [0.05, 0.1) is 31.1 Å². The average Bonchev–Trinajstić information content (AvgIpc) is 2.72. The number of methoxy groups -OCH3 is 1. The topological polar surface area (TPSA) is 70.7 Å². The van der Waals surface area contributed by atoms with E-state index in [-0.39, 0.29) is 24.4 Å². The van der Waals surface area contributed by atoms with Crippen molar-refractivity contribution < 1.29 is 14.3 Å². The van der Waals surface area contributed by atoms with E-state index < -0.39 is 0 Å². The Bertz CT molecular complexity index is 881. The SMILES string of the molecule is COc1cccc(C2CCCCN2C(=O)c2ccc3c(c2)NC(=O)CN3)c1. The molecule has 1 fully saturated rings. The van der Waals surface area contributed by atoms with Gasteiger partial charge in [-0.05, 0) is 55.2 Å². The number of amides is 2. The van der Waals surface area contributed by atoms with Gasteiger partial charge < -0.3 is 20.3 Å². The van der Waals surface area contributed by atoms with Crippen LogP contribution < -0.4 is 15.4 Å². The number of rotatable bonds is 3. The maximum absolute atomic E-state index is 13.3. The third-order valence-corrected chi connectivity index (χ3v) is 5.22. The first-order valence-corrected chi connectivity index (χ1v) is 9.28. The number of anilines is 2. The summed E-state index contributed by atoms with van der Waals surface area (Å²) in [7, 11) is 1.65. The highest BCUT2D eigenvalue weighted by atomic mass is 16.5. The van der Waals surface area contributed by atoms with Crippen LogP contribution in [0.1, 0.15) is 41.2 Å². The van der Waals surface area contributed by atoms with E-state index in [9.17, 15) is 9.59 Å². The molecule has 0 bridgehead atoms. The second kappa shape index (κ2) is 7.31. The number of piperidine rings is 1. The van der Waals surface area contributed by atoms with Crippen molar-refractivity contribution in [2.75, 3.05) is 30.8 Å². The molecule has 2 N–H and O–H groups in total. The normalized spacial score (nSPS) is 18.9. The molecule has 1 unspecified atom stereocenters. The lowest BCUT2D eigenvalue weighted by molar-refractivity contribution is -0.114. The third kappa shape index (κ3) is 3.47. The van der Waals surface area contributed by atoms with Crippen LogP contribution in [0.15, 0.2) is 42.5 Å². The molecule has 2 aliphatic rings. The Kier molecular flexibility index (Phi) is 4.71. The van der Waals surface area contributed by atoms with Gasteiger partial charge in [-0.3, -0.25) is 9.59 Å². The molecule has 1 saturated heterocycles. The number of benzene rings is 2. The molecule has 6 nitrogen and oxygen atoms in total. The van der Waals surface area contributed by atoms with Crippen LogP contribution in [0.3, 0.4) is 0 Å². The Morgan fingerprint density at radius 2 is 2.04 bits per heavy atom. The molecule has 4 rings (SSSR count). The Morgan fingerprint density at radius 1 is 1.15 bits per heavy atom. The van der Waals surface area contributed by atoms with Crippen molar-refractivity contribution in [2.24, 2.45) is 0 Å². The molecule has 0 aliphatic carbocycles. The van der Waals surface area contributed by atoms with E-state index in [1.165, 1.54) is 0 Å². The van der Waals surface area contributed by atoms with Crippen LogP contribution in [0.2, 0.25) is 0 Å². The van der Waals surface area contributed by atoms with Crippen LogP contribution in [0, 0.1) is 0 Å². The predicted octanol–water partition coefficient (Wildman–Crippen LogP) is 3.43. The van der Waals surface area contributed by atoms with Crippen molar-refractivity contribution in [3.63, 3.8) is 0 Å². The summed E-state index contributed by atoms with van der Waals surface area (Å²) in [6.45, 7) is 0.979. The third-order valence-electron chi connectivity index (χ3n) is 5.22. The van der Waals surface area contributed by atoms with Crippen LogP contribution in [0.4, 0.5) is 11.4 Å². The van der Waals surface area contributed by atoms with Gasteiger partial charge in [0.15, 0.2) is 0 Å². The predicted molar refractivity (Wildman–Crippen MR) is 104 cm³/mol. The zero-order chi connectivity index (χ0) is 18.8. The molecule has 140 valence electrons. The molecule has 0 radical (unpaired) electrons. The van der Waals surface area contributed by atoms with Crippen LogP contribution in [-0.2, 0) is 4.79 Å². The van der Waals surface area contributed by atoms with E-state index in [4.69, 9.17) is 4.74 Å². The van der Waals surface area contributed by atoms with E-state index in [0.29, 0.717) is 11.3 Å². The quantitative estimate of drug-likeness (QED) is 0.874. The van der Waals surface area contributed by atoms with Gasteiger partial charge in [0.2, 0.25) is 5.91 Å². The van der Waals surface area contributed by atoms with Crippen molar-refractivity contribution in [1.82, 2.24) is 4.90 Å². The maximum Gasteiger partial charge on any atom is 0.254 e. The molecule has 1 atom stereocenters. The molecule has 0 spiro atoms. The van der Waals surface area contributed by atoms with Gasteiger partial charge in [-0.2, -0.15) is 0 Å². The minimum absolute atomic E-state index is 0.00913. The summed E-state index contributed by atoms with van der Waals surface area (Å²) < 4.78 is 5.35. The molecule has 2 aromatic rings. The molecule has 2 aromatic carbocycles.